The van der Waals surface area contributed by atoms with Crippen LogP contribution in [0.4, 0.5) is 11.4 Å². The van der Waals surface area contributed by atoms with Crippen LogP contribution in [0.5, 0.6) is 5.75 Å². The number of carbonyl (C=O) groups excluding carboxylic acids is 2. The maximum absolute atomic E-state index is 11.9. The molecule has 0 bridgehead atoms. The minimum Gasteiger partial charge on any atom is -0.481 e. The lowest BCUT2D eigenvalue weighted by Crippen LogP contribution is -2.41. The van der Waals surface area contributed by atoms with Crippen LogP contribution in [0.15, 0.2) is 42.5 Å². The zero-order valence-electron chi connectivity index (χ0n) is 13.8. The molecule has 0 atom stereocenters. The van der Waals surface area contributed by atoms with Crippen LogP contribution in [-0.4, -0.2) is 24.8 Å². The van der Waals surface area contributed by atoms with Crippen LogP contribution < -0.4 is 15.0 Å². The molecular weight excluding hydrogens is 304 g/mol. The summed E-state index contributed by atoms with van der Waals surface area (Å²) in [4.78, 5) is 24.8. The zero-order chi connectivity index (χ0) is 17.1. The number of anilines is 2. The number of amides is 1. The van der Waals surface area contributed by atoms with E-state index in [-0.39, 0.29) is 24.8 Å². The summed E-state index contributed by atoms with van der Waals surface area (Å²) in [6.07, 6.45) is 0. The van der Waals surface area contributed by atoms with Crippen molar-refractivity contribution in [2.24, 2.45) is 0 Å². The SMILES string of the molecule is CC(=O)CN1C(=O)COc2cc(NCc3ccc(C)cc3)ccc21. The summed E-state index contributed by atoms with van der Waals surface area (Å²) in [5, 5.41) is 3.35. The highest BCUT2D eigenvalue weighted by Gasteiger charge is 2.26. The van der Waals surface area contributed by atoms with E-state index in [1.807, 2.05) is 18.2 Å². The number of nitrogens with zero attached hydrogens (tertiary/aromatic N) is 1. The van der Waals surface area contributed by atoms with Crippen LogP contribution >= 0.6 is 0 Å². The fraction of sp³-hybridized carbons (Fsp3) is 0.263. The van der Waals surface area contributed by atoms with Gasteiger partial charge in [0.05, 0.1) is 12.2 Å². The fourth-order valence-corrected chi connectivity index (χ4v) is 2.62. The number of carbonyl (C=O) groups is 2. The number of ketones is 1. The van der Waals surface area contributed by atoms with Gasteiger partial charge < -0.3 is 10.1 Å². The van der Waals surface area contributed by atoms with Crippen LogP contribution in [0.1, 0.15) is 18.1 Å². The van der Waals surface area contributed by atoms with Crippen LogP contribution in [-0.2, 0) is 16.1 Å². The van der Waals surface area contributed by atoms with E-state index in [4.69, 9.17) is 4.74 Å². The van der Waals surface area contributed by atoms with Crippen LogP contribution in [0.3, 0.4) is 0 Å². The third-order valence-electron chi connectivity index (χ3n) is 3.90. The maximum atomic E-state index is 11.9. The normalized spacial score (nSPS) is 13.2. The summed E-state index contributed by atoms with van der Waals surface area (Å²) in [5.74, 6) is 0.362. The molecule has 1 amide bonds. The largest absolute Gasteiger partial charge is 0.481 e. The number of ether oxygens (including phenoxy) is 1. The van der Waals surface area contributed by atoms with Gasteiger partial charge >= 0.3 is 0 Å². The Labute approximate surface area is 141 Å². The molecule has 0 aliphatic carbocycles. The molecule has 0 unspecified atom stereocenters. The highest BCUT2D eigenvalue weighted by atomic mass is 16.5. The van der Waals surface area contributed by atoms with Crippen molar-refractivity contribution in [2.75, 3.05) is 23.4 Å². The standard InChI is InChI=1S/C19H20N2O3/c1-13-3-5-15(6-4-13)10-20-16-7-8-17-18(9-16)24-12-19(23)21(17)11-14(2)22/h3-9,20H,10-12H2,1-2H3. The van der Waals surface area contributed by atoms with Crippen molar-refractivity contribution in [1.82, 2.24) is 0 Å². The zero-order valence-corrected chi connectivity index (χ0v) is 13.8. The van der Waals surface area contributed by atoms with Gasteiger partial charge in [0.25, 0.3) is 5.91 Å². The van der Waals surface area contributed by atoms with Gasteiger partial charge in [0.1, 0.15) is 11.5 Å². The average Bonchev–Trinajstić information content (AvgIpc) is 2.56. The van der Waals surface area contributed by atoms with Crippen LogP contribution in [0, 0.1) is 6.92 Å². The molecule has 1 aliphatic rings. The van der Waals surface area contributed by atoms with E-state index < -0.39 is 0 Å². The van der Waals surface area contributed by atoms with Crippen molar-refractivity contribution < 1.29 is 14.3 Å². The van der Waals surface area contributed by atoms with Gasteiger partial charge in [0, 0.05) is 18.3 Å². The molecule has 124 valence electrons. The molecule has 3 rings (SSSR count). The second-order valence-electron chi connectivity index (χ2n) is 5.99. The first kappa shape index (κ1) is 16.1. The summed E-state index contributed by atoms with van der Waals surface area (Å²) in [5.41, 5.74) is 3.97. The van der Waals surface area contributed by atoms with E-state index in [2.05, 4.69) is 36.5 Å². The van der Waals surface area contributed by atoms with Crippen LogP contribution in [0.25, 0.3) is 0 Å². The molecule has 1 N–H and O–H groups in total. The molecule has 0 saturated carbocycles. The van der Waals surface area contributed by atoms with Gasteiger partial charge in [0.2, 0.25) is 0 Å². The molecule has 24 heavy (non-hydrogen) atoms. The summed E-state index contributed by atoms with van der Waals surface area (Å²) < 4.78 is 5.51. The molecule has 5 nitrogen and oxygen atoms in total. The molecule has 0 aromatic heterocycles. The number of fused-ring (bicyclic) bond motifs is 1. The summed E-state index contributed by atoms with van der Waals surface area (Å²) in [6, 6.07) is 13.9. The Bertz CT molecular complexity index is 769. The fourth-order valence-electron chi connectivity index (χ4n) is 2.62. The van der Waals surface area contributed by atoms with Gasteiger partial charge in [-0.2, -0.15) is 0 Å². The summed E-state index contributed by atoms with van der Waals surface area (Å²) >= 11 is 0. The Kier molecular flexibility index (Phi) is 4.51. The van der Waals surface area contributed by atoms with Gasteiger partial charge in [-0.15, -0.1) is 0 Å². The smallest absolute Gasteiger partial charge is 0.265 e. The highest BCUT2D eigenvalue weighted by molar-refractivity contribution is 6.02. The van der Waals surface area contributed by atoms with Crippen LogP contribution in [0.2, 0.25) is 0 Å². The lowest BCUT2D eigenvalue weighted by atomic mass is 10.1. The quantitative estimate of drug-likeness (QED) is 0.919. The number of Topliss-reactive ketones (excluding diaryl/α,β-unsaturated/α-hetero) is 1. The van der Waals surface area contributed by atoms with E-state index in [1.54, 1.807) is 0 Å². The molecule has 0 radical (unpaired) electrons. The van der Waals surface area contributed by atoms with E-state index >= 15 is 0 Å². The van der Waals surface area contributed by atoms with Crippen molar-refractivity contribution in [3.63, 3.8) is 0 Å². The maximum Gasteiger partial charge on any atom is 0.265 e. The number of nitrogens with one attached hydrogen (secondary N) is 1. The van der Waals surface area contributed by atoms with Gasteiger partial charge in [-0.05, 0) is 31.5 Å². The van der Waals surface area contributed by atoms with Crippen molar-refractivity contribution in [1.29, 1.82) is 0 Å². The Balaban J connectivity index is 1.74. The summed E-state index contributed by atoms with van der Waals surface area (Å²) in [7, 11) is 0. The van der Waals surface area contributed by atoms with Gasteiger partial charge in [-0.1, -0.05) is 29.8 Å². The second-order valence-corrected chi connectivity index (χ2v) is 5.99. The monoisotopic (exact) mass is 324 g/mol. The van der Waals surface area contributed by atoms with E-state index in [9.17, 15) is 9.59 Å². The number of hydrogen-bond donors (Lipinski definition) is 1. The molecule has 0 fully saturated rings. The van der Waals surface area contributed by atoms with Gasteiger partial charge in [-0.25, -0.2) is 0 Å². The first-order valence-corrected chi connectivity index (χ1v) is 7.89. The lowest BCUT2D eigenvalue weighted by molar-refractivity contribution is -0.123. The molecule has 5 heteroatoms. The molecule has 2 aromatic carbocycles. The predicted molar refractivity (Wildman–Crippen MR) is 93.5 cm³/mol. The summed E-state index contributed by atoms with van der Waals surface area (Å²) in [6.45, 7) is 4.27. The van der Waals surface area contributed by atoms with Crippen molar-refractivity contribution in [3.8, 4) is 5.75 Å². The van der Waals surface area contributed by atoms with Gasteiger partial charge in [0.15, 0.2) is 6.61 Å². The Morgan fingerprint density at radius 3 is 2.67 bits per heavy atom. The Morgan fingerprint density at radius 1 is 1.21 bits per heavy atom. The highest BCUT2D eigenvalue weighted by Crippen LogP contribution is 2.34. The van der Waals surface area contributed by atoms with Crippen molar-refractivity contribution >= 4 is 23.1 Å². The first-order chi connectivity index (χ1) is 11.5. The number of hydrogen-bond acceptors (Lipinski definition) is 4. The topological polar surface area (TPSA) is 58.6 Å². The molecule has 2 aromatic rings. The second kappa shape index (κ2) is 6.74. The third kappa shape index (κ3) is 3.56. The van der Waals surface area contributed by atoms with Crippen molar-refractivity contribution in [3.05, 3.63) is 53.6 Å². The van der Waals surface area contributed by atoms with E-state index in [0.29, 0.717) is 18.0 Å². The number of aryl methyl sites for hydroxylation is 1. The molecule has 0 saturated heterocycles. The minimum absolute atomic E-state index is 0.0400. The average molecular weight is 324 g/mol. The predicted octanol–water partition coefficient (Wildman–Crippen LogP) is 2.92. The molecule has 1 aliphatic heterocycles. The van der Waals surface area contributed by atoms with Gasteiger partial charge in [-0.3, -0.25) is 14.5 Å². The Hall–Kier alpha value is -2.82. The number of rotatable bonds is 5. The number of benzene rings is 2. The lowest BCUT2D eigenvalue weighted by Gasteiger charge is -2.29. The van der Waals surface area contributed by atoms with E-state index in [1.165, 1.54) is 23.0 Å². The first-order valence-electron chi connectivity index (χ1n) is 7.89. The molecule has 1 heterocycles. The van der Waals surface area contributed by atoms with Crippen molar-refractivity contribution in [2.45, 2.75) is 20.4 Å². The Morgan fingerprint density at radius 2 is 1.96 bits per heavy atom. The minimum atomic E-state index is -0.196. The molecular formula is C19H20N2O3. The molecule has 0 spiro atoms. The van der Waals surface area contributed by atoms with E-state index in [0.717, 1.165) is 5.69 Å². The third-order valence-corrected chi connectivity index (χ3v) is 3.90.